The molecule has 0 aromatic carbocycles. The first kappa shape index (κ1) is 21.5. The van der Waals surface area contributed by atoms with Crippen molar-refractivity contribution in [1.29, 1.82) is 0 Å². The van der Waals surface area contributed by atoms with E-state index in [4.69, 9.17) is 4.98 Å². The van der Waals surface area contributed by atoms with Crippen LogP contribution in [0.25, 0.3) is 11.2 Å². The standard InChI is InChI=1S/C24H30N6O3/c1-24(2,3)14-29-18-9-10-19(26-20(18)27(4)23(29)33)28-12-15-7-8-16(13-28)30(15)22(32)17-6-5-11-25-21(17)31/h5-6,9-11,15-16H,7-8,12-14H2,1-4H3,(H,25,31). The second kappa shape index (κ2) is 7.60. The van der Waals surface area contributed by atoms with Gasteiger partial charge in [-0.05, 0) is 42.5 Å². The van der Waals surface area contributed by atoms with Crippen molar-refractivity contribution >= 4 is 22.9 Å². The Balaban J connectivity index is 1.43. The number of carbonyl (C=O) groups is 1. The summed E-state index contributed by atoms with van der Waals surface area (Å²) in [5.41, 5.74) is 1.26. The molecule has 2 bridgehead atoms. The van der Waals surface area contributed by atoms with E-state index in [1.165, 1.54) is 6.20 Å². The maximum absolute atomic E-state index is 13.1. The maximum atomic E-state index is 13.1. The molecule has 2 unspecified atom stereocenters. The molecule has 9 heteroatoms. The molecule has 0 saturated carbocycles. The van der Waals surface area contributed by atoms with Crippen LogP contribution in [0.1, 0.15) is 44.0 Å². The van der Waals surface area contributed by atoms with Gasteiger partial charge in [-0.3, -0.25) is 18.7 Å². The van der Waals surface area contributed by atoms with E-state index in [-0.39, 0.29) is 40.2 Å². The number of aromatic amines is 1. The molecule has 1 amide bonds. The molecule has 1 N–H and O–H groups in total. The molecule has 0 spiro atoms. The molecule has 3 aromatic heterocycles. The number of amides is 1. The van der Waals surface area contributed by atoms with Crippen molar-refractivity contribution in [2.75, 3.05) is 18.0 Å². The summed E-state index contributed by atoms with van der Waals surface area (Å²) >= 11 is 0. The van der Waals surface area contributed by atoms with Crippen LogP contribution in [-0.4, -0.2) is 55.1 Å². The van der Waals surface area contributed by atoms with E-state index in [1.807, 2.05) is 17.0 Å². The highest BCUT2D eigenvalue weighted by molar-refractivity contribution is 5.94. The highest BCUT2D eigenvalue weighted by Crippen LogP contribution is 2.33. The van der Waals surface area contributed by atoms with Gasteiger partial charge in [0.05, 0.1) is 17.6 Å². The lowest BCUT2D eigenvalue weighted by Crippen LogP contribution is -2.56. The Morgan fingerprint density at radius 2 is 1.82 bits per heavy atom. The molecular weight excluding hydrogens is 420 g/mol. The summed E-state index contributed by atoms with van der Waals surface area (Å²) in [4.78, 5) is 49.7. The van der Waals surface area contributed by atoms with Crippen molar-refractivity contribution in [2.45, 2.75) is 52.2 Å². The van der Waals surface area contributed by atoms with Gasteiger partial charge in [-0.15, -0.1) is 0 Å². The summed E-state index contributed by atoms with van der Waals surface area (Å²) in [6.07, 6.45) is 3.34. The van der Waals surface area contributed by atoms with Crippen LogP contribution < -0.4 is 16.1 Å². The largest absolute Gasteiger partial charge is 0.352 e. The van der Waals surface area contributed by atoms with E-state index in [0.717, 1.165) is 24.2 Å². The van der Waals surface area contributed by atoms with Gasteiger partial charge in [0.2, 0.25) is 0 Å². The Kier molecular flexibility index (Phi) is 4.95. The number of aromatic nitrogens is 4. The summed E-state index contributed by atoms with van der Waals surface area (Å²) in [5.74, 6) is 0.613. The average molecular weight is 451 g/mol. The summed E-state index contributed by atoms with van der Waals surface area (Å²) in [6.45, 7) is 8.26. The zero-order valence-corrected chi connectivity index (χ0v) is 19.5. The summed E-state index contributed by atoms with van der Waals surface area (Å²) in [6, 6.07) is 7.28. The molecule has 9 nitrogen and oxygen atoms in total. The molecule has 33 heavy (non-hydrogen) atoms. The van der Waals surface area contributed by atoms with Crippen LogP contribution in [0.3, 0.4) is 0 Å². The zero-order valence-electron chi connectivity index (χ0n) is 19.5. The number of anilines is 1. The Morgan fingerprint density at radius 3 is 2.45 bits per heavy atom. The number of hydrogen-bond donors (Lipinski definition) is 1. The minimum atomic E-state index is -0.350. The van der Waals surface area contributed by atoms with Gasteiger partial charge in [0.25, 0.3) is 11.5 Å². The van der Waals surface area contributed by atoms with E-state index in [1.54, 1.807) is 28.3 Å². The van der Waals surface area contributed by atoms with Gasteiger partial charge in [-0.1, -0.05) is 20.8 Å². The van der Waals surface area contributed by atoms with E-state index in [2.05, 4.69) is 30.7 Å². The first-order valence-corrected chi connectivity index (χ1v) is 11.5. The maximum Gasteiger partial charge on any atom is 0.330 e. The third-order valence-electron chi connectivity index (χ3n) is 6.69. The van der Waals surface area contributed by atoms with Crippen LogP contribution in [0.2, 0.25) is 0 Å². The molecule has 5 rings (SSSR count). The van der Waals surface area contributed by atoms with Gasteiger partial charge in [0.1, 0.15) is 11.4 Å². The van der Waals surface area contributed by atoms with Crippen molar-refractivity contribution in [2.24, 2.45) is 12.5 Å². The molecule has 174 valence electrons. The van der Waals surface area contributed by atoms with Crippen molar-refractivity contribution < 1.29 is 4.79 Å². The van der Waals surface area contributed by atoms with Gasteiger partial charge in [-0.25, -0.2) is 9.78 Å². The second-order valence-corrected chi connectivity index (χ2v) is 10.4. The number of carbonyl (C=O) groups excluding carboxylic acids is 1. The molecular formula is C24H30N6O3. The van der Waals surface area contributed by atoms with Gasteiger partial charge >= 0.3 is 5.69 Å². The molecule has 2 aliphatic rings. The topological polar surface area (TPSA) is 96.2 Å². The van der Waals surface area contributed by atoms with E-state index >= 15 is 0 Å². The van der Waals surface area contributed by atoms with Crippen LogP contribution in [0.5, 0.6) is 0 Å². The number of aryl methyl sites for hydroxylation is 1. The fourth-order valence-corrected chi connectivity index (χ4v) is 5.22. The predicted molar refractivity (Wildman–Crippen MR) is 127 cm³/mol. The molecule has 0 aliphatic carbocycles. The number of piperazine rings is 1. The SMILES string of the molecule is Cn1c(=O)n(CC(C)(C)C)c2ccc(N3CC4CCC(C3)N4C(=O)c3ccc[nH]c3=O)nc21. The molecule has 2 atom stereocenters. The summed E-state index contributed by atoms with van der Waals surface area (Å²) in [7, 11) is 1.76. The molecule has 5 heterocycles. The normalized spacial score (nSPS) is 20.6. The summed E-state index contributed by atoms with van der Waals surface area (Å²) in [5, 5.41) is 0. The highest BCUT2D eigenvalue weighted by atomic mass is 16.2. The monoisotopic (exact) mass is 450 g/mol. The third kappa shape index (κ3) is 3.65. The minimum absolute atomic E-state index is 0.0285. The van der Waals surface area contributed by atoms with Crippen molar-refractivity contribution in [3.05, 3.63) is 56.9 Å². The van der Waals surface area contributed by atoms with E-state index in [9.17, 15) is 14.4 Å². The zero-order chi connectivity index (χ0) is 23.5. The van der Waals surface area contributed by atoms with Crippen LogP contribution >= 0.6 is 0 Å². The fraction of sp³-hybridized carbons (Fsp3) is 0.500. The van der Waals surface area contributed by atoms with Crippen LogP contribution in [0.4, 0.5) is 5.82 Å². The Morgan fingerprint density at radius 1 is 1.12 bits per heavy atom. The van der Waals surface area contributed by atoms with Crippen molar-refractivity contribution in [1.82, 2.24) is 24.0 Å². The fourth-order valence-electron chi connectivity index (χ4n) is 5.22. The summed E-state index contributed by atoms with van der Waals surface area (Å²) < 4.78 is 3.41. The van der Waals surface area contributed by atoms with E-state index in [0.29, 0.717) is 25.3 Å². The highest BCUT2D eigenvalue weighted by Gasteiger charge is 2.43. The number of hydrogen-bond acceptors (Lipinski definition) is 5. The minimum Gasteiger partial charge on any atom is -0.352 e. The molecule has 2 aliphatic heterocycles. The Hall–Kier alpha value is -3.36. The number of pyridine rings is 2. The lowest BCUT2D eigenvalue weighted by molar-refractivity contribution is 0.0639. The van der Waals surface area contributed by atoms with Crippen molar-refractivity contribution in [3.63, 3.8) is 0 Å². The Bertz CT molecular complexity index is 1330. The van der Waals surface area contributed by atoms with Crippen LogP contribution in [-0.2, 0) is 13.6 Å². The van der Waals surface area contributed by atoms with Gasteiger partial charge < -0.3 is 14.8 Å². The van der Waals surface area contributed by atoms with Gasteiger partial charge in [0, 0.05) is 32.9 Å². The number of imidazole rings is 1. The lowest BCUT2D eigenvalue weighted by Gasteiger charge is -2.41. The number of H-pyrrole nitrogens is 1. The molecule has 0 radical (unpaired) electrons. The first-order chi connectivity index (χ1) is 15.6. The quantitative estimate of drug-likeness (QED) is 0.658. The lowest BCUT2D eigenvalue weighted by atomic mass is 9.97. The predicted octanol–water partition coefficient (Wildman–Crippen LogP) is 1.96. The smallest absolute Gasteiger partial charge is 0.330 e. The van der Waals surface area contributed by atoms with Crippen molar-refractivity contribution in [3.8, 4) is 0 Å². The van der Waals surface area contributed by atoms with Gasteiger partial charge in [-0.2, -0.15) is 0 Å². The van der Waals surface area contributed by atoms with Crippen LogP contribution in [0.15, 0.2) is 40.1 Å². The van der Waals surface area contributed by atoms with Gasteiger partial charge in [0.15, 0.2) is 5.65 Å². The Labute approximate surface area is 191 Å². The van der Waals surface area contributed by atoms with Crippen LogP contribution in [0, 0.1) is 5.41 Å². The number of fused-ring (bicyclic) bond motifs is 3. The molecule has 2 saturated heterocycles. The van der Waals surface area contributed by atoms with E-state index < -0.39 is 0 Å². The number of rotatable bonds is 3. The molecule has 2 fully saturated rings. The average Bonchev–Trinajstić information content (AvgIpc) is 3.16. The number of nitrogens with one attached hydrogen (secondary N) is 1. The second-order valence-electron chi connectivity index (χ2n) is 10.4. The molecule has 3 aromatic rings. The third-order valence-corrected chi connectivity index (χ3v) is 6.69. The number of nitrogens with zero attached hydrogens (tertiary/aromatic N) is 5. The first-order valence-electron chi connectivity index (χ1n) is 11.5.